The van der Waals surface area contributed by atoms with Crippen LogP contribution in [-0.4, -0.2) is 59.4 Å². The molecule has 1 atom stereocenters. The minimum Gasteiger partial charge on any atom is -0.497 e. The minimum atomic E-state index is 0. The predicted octanol–water partition coefficient (Wildman–Crippen LogP) is 2.25. The Bertz CT molecular complexity index is 802. The monoisotopic (exact) mass is 513 g/mol. The third-order valence-electron chi connectivity index (χ3n) is 5.34. The molecule has 1 fully saturated rings. The highest BCUT2D eigenvalue weighted by Crippen LogP contribution is 2.27. The van der Waals surface area contributed by atoms with Gasteiger partial charge in [-0.15, -0.1) is 34.2 Å². The van der Waals surface area contributed by atoms with Gasteiger partial charge in [0.2, 0.25) is 0 Å². The molecule has 0 amide bonds. The molecule has 8 nitrogen and oxygen atoms in total. The molecule has 9 heteroatoms. The van der Waals surface area contributed by atoms with E-state index >= 15 is 0 Å². The lowest BCUT2D eigenvalue weighted by Crippen LogP contribution is -2.42. The Morgan fingerprint density at radius 2 is 2.00 bits per heavy atom. The van der Waals surface area contributed by atoms with E-state index < -0.39 is 0 Å². The number of hydrogen-bond acceptors (Lipinski definition) is 5. The molecule has 0 spiro atoms. The fourth-order valence-corrected chi connectivity index (χ4v) is 3.54. The van der Waals surface area contributed by atoms with Gasteiger partial charge >= 0.3 is 0 Å². The Morgan fingerprint density at radius 1 is 1.24 bits per heavy atom. The van der Waals surface area contributed by atoms with Gasteiger partial charge < -0.3 is 19.9 Å². The zero-order chi connectivity index (χ0) is 19.9. The highest BCUT2D eigenvalue weighted by molar-refractivity contribution is 14.0. The van der Waals surface area contributed by atoms with E-state index in [2.05, 4.69) is 48.9 Å². The first-order chi connectivity index (χ1) is 13.6. The van der Waals surface area contributed by atoms with Gasteiger partial charge in [-0.25, -0.2) is 0 Å². The summed E-state index contributed by atoms with van der Waals surface area (Å²) in [6, 6.07) is 8.62. The van der Waals surface area contributed by atoms with Gasteiger partial charge in [-0.2, -0.15) is 0 Å². The van der Waals surface area contributed by atoms with Crippen molar-refractivity contribution in [1.29, 1.82) is 0 Å². The van der Waals surface area contributed by atoms with E-state index in [-0.39, 0.29) is 30.0 Å². The van der Waals surface area contributed by atoms with Gasteiger partial charge in [-0.1, -0.05) is 12.1 Å². The number of hydrogen-bond donors (Lipinski definition) is 2. The van der Waals surface area contributed by atoms with Crippen LogP contribution in [0.1, 0.15) is 36.1 Å². The number of guanidine groups is 1. The molecule has 0 radical (unpaired) electrons. The number of nitrogens with zero attached hydrogens (tertiary/aromatic N) is 5. The van der Waals surface area contributed by atoms with Crippen molar-refractivity contribution >= 4 is 29.9 Å². The van der Waals surface area contributed by atoms with Crippen LogP contribution in [0.15, 0.2) is 29.3 Å². The first-order valence-electron chi connectivity index (χ1n) is 9.79. The topological polar surface area (TPSA) is 79.6 Å². The Kier molecular flexibility index (Phi) is 9.15. The molecule has 1 aromatic heterocycles. The van der Waals surface area contributed by atoms with Crippen LogP contribution in [0.5, 0.6) is 5.75 Å². The number of benzene rings is 1. The van der Waals surface area contributed by atoms with Crippen LogP contribution < -0.4 is 15.4 Å². The van der Waals surface area contributed by atoms with Crippen molar-refractivity contribution in [2.75, 3.05) is 33.8 Å². The van der Waals surface area contributed by atoms with Crippen LogP contribution in [0.2, 0.25) is 0 Å². The molecule has 2 N–H and O–H groups in total. The van der Waals surface area contributed by atoms with Crippen molar-refractivity contribution in [2.24, 2.45) is 12.0 Å². The van der Waals surface area contributed by atoms with E-state index in [1.807, 2.05) is 24.6 Å². The summed E-state index contributed by atoms with van der Waals surface area (Å²) < 4.78 is 7.40. The Morgan fingerprint density at radius 3 is 2.62 bits per heavy atom. The SMILES string of the molecule is CN=C(NCc1nnc(C)n1C)NCC(c1cccc(OC)c1)N1CCCC1.I. The largest absolute Gasteiger partial charge is 0.497 e. The smallest absolute Gasteiger partial charge is 0.191 e. The number of aryl methyl sites for hydroxylation is 1. The summed E-state index contributed by atoms with van der Waals surface area (Å²) in [7, 11) is 5.46. The molecule has 2 aromatic rings. The molecule has 2 heterocycles. The summed E-state index contributed by atoms with van der Waals surface area (Å²) in [6.45, 7) is 5.52. The lowest BCUT2D eigenvalue weighted by molar-refractivity contribution is 0.245. The number of halogens is 1. The van der Waals surface area contributed by atoms with E-state index in [0.717, 1.165) is 43.0 Å². The molecule has 29 heavy (non-hydrogen) atoms. The highest BCUT2D eigenvalue weighted by Gasteiger charge is 2.24. The number of rotatable bonds is 7. The quantitative estimate of drug-likeness (QED) is 0.336. The molecule has 1 aliphatic heterocycles. The number of methoxy groups -OCH3 is 1. The highest BCUT2D eigenvalue weighted by atomic mass is 127. The first kappa shape index (κ1) is 23.4. The molecule has 1 aromatic carbocycles. The molecular formula is C20H32IN7O. The standard InChI is InChI=1S/C20H31N7O.HI/c1-15-24-25-19(26(15)3)14-23-20(21-2)22-13-18(27-10-5-6-11-27)16-8-7-9-17(12-16)28-4;/h7-9,12,18H,5-6,10-11,13-14H2,1-4H3,(H2,21,22,23);1H. The summed E-state index contributed by atoms with van der Waals surface area (Å²) in [5.74, 6) is 3.42. The Balaban J connectivity index is 0.00000300. The van der Waals surface area contributed by atoms with Crippen molar-refractivity contribution in [3.63, 3.8) is 0 Å². The summed E-state index contributed by atoms with van der Waals surface area (Å²) in [5, 5.41) is 15.1. The van der Waals surface area contributed by atoms with Crippen LogP contribution in [-0.2, 0) is 13.6 Å². The van der Waals surface area contributed by atoms with Crippen LogP contribution >= 0.6 is 24.0 Å². The number of aliphatic imine (C=N–C) groups is 1. The predicted molar refractivity (Wildman–Crippen MR) is 126 cm³/mol. The second-order valence-electron chi connectivity index (χ2n) is 7.06. The van der Waals surface area contributed by atoms with Crippen molar-refractivity contribution in [3.8, 4) is 5.75 Å². The van der Waals surface area contributed by atoms with Crippen LogP contribution in [0.3, 0.4) is 0 Å². The maximum absolute atomic E-state index is 5.42. The van der Waals surface area contributed by atoms with E-state index in [1.165, 1.54) is 18.4 Å². The molecule has 0 saturated carbocycles. The maximum atomic E-state index is 5.42. The second kappa shape index (κ2) is 11.3. The third kappa shape index (κ3) is 6.05. The lowest BCUT2D eigenvalue weighted by Gasteiger charge is -2.29. The number of nitrogens with one attached hydrogen (secondary N) is 2. The van der Waals surface area contributed by atoms with Crippen molar-refractivity contribution in [3.05, 3.63) is 41.5 Å². The third-order valence-corrected chi connectivity index (χ3v) is 5.34. The maximum Gasteiger partial charge on any atom is 0.191 e. The van der Waals surface area contributed by atoms with Gasteiger partial charge in [-0.05, 0) is 50.6 Å². The van der Waals surface area contributed by atoms with E-state index in [0.29, 0.717) is 6.54 Å². The molecule has 1 aliphatic rings. The normalized spacial score (nSPS) is 15.7. The molecule has 0 aliphatic carbocycles. The van der Waals surface area contributed by atoms with Gasteiger partial charge in [-0.3, -0.25) is 9.89 Å². The Labute approximate surface area is 190 Å². The van der Waals surface area contributed by atoms with Gasteiger partial charge in [0.15, 0.2) is 11.8 Å². The number of aromatic nitrogens is 3. The first-order valence-corrected chi connectivity index (χ1v) is 9.79. The zero-order valence-electron chi connectivity index (χ0n) is 17.7. The fraction of sp³-hybridized carbons (Fsp3) is 0.550. The average Bonchev–Trinajstić information content (AvgIpc) is 3.36. The average molecular weight is 513 g/mol. The zero-order valence-corrected chi connectivity index (χ0v) is 20.0. The summed E-state index contributed by atoms with van der Waals surface area (Å²) in [6.07, 6.45) is 2.50. The lowest BCUT2D eigenvalue weighted by atomic mass is 10.1. The van der Waals surface area contributed by atoms with E-state index in [4.69, 9.17) is 4.74 Å². The molecule has 1 unspecified atom stereocenters. The molecule has 1 saturated heterocycles. The van der Waals surface area contributed by atoms with Gasteiger partial charge in [0.25, 0.3) is 0 Å². The van der Waals surface area contributed by atoms with Gasteiger partial charge in [0.1, 0.15) is 11.6 Å². The minimum absolute atomic E-state index is 0. The molecule has 3 rings (SSSR count). The molecule has 0 bridgehead atoms. The molecular weight excluding hydrogens is 481 g/mol. The summed E-state index contributed by atoms with van der Waals surface area (Å²) in [5.41, 5.74) is 1.26. The van der Waals surface area contributed by atoms with Crippen molar-refractivity contribution in [1.82, 2.24) is 30.3 Å². The van der Waals surface area contributed by atoms with E-state index in [9.17, 15) is 0 Å². The van der Waals surface area contributed by atoms with Crippen molar-refractivity contribution in [2.45, 2.75) is 32.4 Å². The Hall–Kier alpha value is -1.88. The summed E-state index contributed by atoms with van der Waals surface area (Å²) in [4.78, 5) is 6.89. The van der Waals surface area contributed by atoms with Crippen LogP contribution in [0, 0.1) is 6.92 Å². The van der Waals surface area contributed by atoms with E-state index in [1.54, 1.807) is 14.2 Å². The molecule has 160 valence electrons. The fourth-order valence-electron chi connectivity index (χ4n) is 3.54. The number of ether oxygens (including phenoxy) is 1. The van der Waals surface area contributed by atoms with Gasteiger partial charge in [0, 0.05) is 20.6 Å². The second-order valence-corrected chi connectivity index (χ2v) is 7.06. The van der Waals surface area contributed by atoms with Crippen LogP contribution in [0.4, 0.5) is 0 Å². The summed E-state index contributed by atoms with van der Waals surface area (Å²) >= 11 is 0. The van der Waals surface area contributed by atoms with Crippen LogP contribution in [0.25, 0.3) is 0 Å². The van der Waals surface area contributed by atoms with Crippen molar-refractivity contribution < 1.29 is 4.74 Å². The van der Waals surface area contributed by atoms with Gasteiger partial charge in [0.05, 0.1) is 19.7 Å². The number of likely N-dealkylation sites (tertiary alicyclic amines) is 1.